The van der Waals surface area contributed by atoms with Crippen molar-refractivity contribution in [2.45, 2.75) is 46.0 Å². The van der Waals surface area contributed by atoms with Crippen LogP contribution < -0.4 is 4.90 Å². The van der Waals surface area contributed by atoms with E-state index in [9.17, 15) is 0 Å². The molecule has 22 heavy (non-hydrogen) atoms. The van der Waals surface area contributed by atoms with Gasteiger partial charge in [0, 0.05) is 17.9 Å². The molecule has 0 saturated heterocycles. The molecule has 0 heterocycles. The van der Waals surface area contributed by atoms with Crippen LogP contribution in [0.1, 0.15) is 42.5 Å². The molecule has 0 spiro atoms. The third-order valence-corrected chi connectivity index (χ3v) is 5.52. The maximum absolute atomic E-state index is 2.53. The summed E-state index contributed by atoms with van der Waals surface area (Å²) < 4.78 is 0. The summed E-state index contributed by atoms with van der Waals surface area (Å²) in [6.07, 6.45) is 6.26. The molecule has 1 heteroatoms. The van der Waals surface area contributed by atoms with Gasteiger partial charge in [-0.2, -0.15) is 0 Å². The lowest BCUT2D eigenvalue weighted by atomic mass is 9.87. The molecule has 0 radical (unpaired) electrons. The van der Waals surface area contributed by atoms with E-state index < -0.39 is 0 Å². The van der Waals surface area contributed by atoms with Gasteiger partial charge in [0.15, 0.2) is 0 Å². The van der Waals surface area contributed by atoms with Gasteiger partial charge in [0.2, 0.25) is 0 Å². The van der Waals surface area contributed by atoms with Crippen LogP contribution in [0.4, 0.5) is 11.4 Å². The molecule has 0 fully saturated rings. The Morgan fingerprint density at radius 3 is 1.68 bits per heavy atom. The van der Waals surface area contributed by atoms with Crippen molar-refractivity contribution in [3.05, 3.63) is 58.7 Å². The Morgan fingerprint density at radius 1 is 0.818 bits per heavy atom. The summed E-state index contributed by atoms with van der Waals surface area (Å²) in [5, 5.41) is 0. The smallest absolute Gasteiger partial charge is 0.0413 e. The molecule has 0 aliphatic heterocycles. The Labute approximate surface area is 134 Å². The number of benzene rings is 2. The highest BCUT2D eigenvalue weighted by molar-refractivity contribution is 5.67. The van der Waals surface area contributed by atoms with Gasteiger partial charge in [0.05, 0.1) is 0 Å². The zero-order valence-electron chi connectivity index (χ0n) is 13.7. The number of hydrogen-bond acceptors (Lipinski definition) is 1. The lowest BCUT2D eigenvalue weighted by Crippen LogP contribution is -2.25. The van der Waals surface area contributed by atoms with Gasteiger partial charge >= 0.3 is 0 Å². The fourth-order valence-electron chi connectivity index (χ4n) is 3.50. The molecule has 0 N–H and O–H groups in total. The van der Waals surface area contributed by atoms with Crippen molar-refractivity contribution in [3.8, 4) is 0 Å². The predicted molar refractivity (Wildman–Crippen MR) is 94.2 cm³/mol. The number of fused-ring (bicyclic) bond motifs is 2. The van der Waals surface area contributed by atoms with E-state index in [1.165, 1.54) is 43.5 Å². The lowest BCUT2D eigenvalue weighted by molar-refractivity contribution is 0.568. The van der Waals surface area contributed by atoms with Crippen LogP contribution in [0, 0.1) is 5.92 Å². The average Bonchev–Trinajstić information content (AvgIpc) is 2.48. The van der Waals surface area contributed by atoms with Crippen LogP contribution in [-0.4, -0.2) is 6.54 Å². The monoisotopic (exact) mass is 291 g/mol. The van der Waals surface area contributed by atoms with Crippen LogP contribution in [0.5, 0.6) is 0 Å². The highest BCUT2D eigenvalue weighted by Gasteiger charge is 2.20. The van der Waals surface area contributed by atoms with E-state index in [4.69, 9.17) is 0 Å². The van der Waals surface area contributed by atoms with Crippen molar-refractivity contribution in [1.29, 1.82) is 0 Å². The first-order valence-electron chi connectivity index (χ1n) is 8.75. The first-order valence-corrected chi connectivity index (χ1v) is 8.75. The van der Waals surface area contributed by atoms with Crippen molar-refractivity contribution in [1.82, 2.24) is 0 Å². The van der Waals surface area contributed by atoms with E-state index >= 15 is 0 Å². The molecule has 2 aliphatic rings. The Kier molecular flexibility index (Phi) is 3.44. The van der Waals surface area contributed by atoms with Gasteiger partial charge in [0.1, 0.15) is 0 Å². The highest BCUT2D eigenvalue weighted by atomic mass is 15.1. The average molecular weight is 291 g/mol. The molecular weight excluding hydrogens is 266 g/mol. The minimum Gasteiger partial charge on any atom is -0.341 e. The van der Waals surface area contributed by atoms with E-state index in [0.717, 1.165) is 6.54 Å². The normalized spacial score (nSPS) is 16.1. The van der Waals surface area contributed by atoms with Gasteiger partial charge in [-0.05, 0) is 78.1 Å². The van der Waals surface area contributed by atoms with Crippen LogP contribution in [0.25, 0.3) is 0 Å². The van der Waals surface area contributed by atoms with E-state index in [0.29, 0.717) is 5.92 Å². The van der Waals surface area contributed by atoms with E-state index in [2.05, 4.69) is 55.1 Å². The molecule has 1 nitrogen and oxygen atoms in total. The zero-order valence-corrected chi connectivity index (χ0v) is 13.7. The molecule has 2 aromatic rings. The third kappa shape index (κ3) is 2.33. The largest absolute Gasteiger partial charge is 0.341 e. The zero-order chi connectivity index (χ0) is 15.1. The summed E-state index contributed by atoms with van der Waals surface area (Å²) in [6, 6.07) is 14.1. The molecule has 114 valence electrons. The van der Waals surface area contributed by atoms with E-state index in [1.807, 2.05) is 0 Å². The van der Waals surface area contributed by atoms with E-state index in [-0.39, 0.29) is 0 Å². The van der Waals surface area contributed by atoms with Gasteiger partial charge in [-0.3, -0.25) is 0 Å². The number of nitrogens with zero attached hydrogens (tertiary/aromatic N) is 1. The maximum Gasteiger partial charge on any atom is 0.0413 e. The van der Waals surface area contributed by atoms with Gasteiger partial charge < -0.3 is 4.90 Å². The summed E-state index contributed by atoms with van der Waals surface area (Å²) in [5.41, 5.74) is 8.94. The second kappa shape index (κ2) is 5.46. The second-order valence-corrected chi connectivity index (χ2v) is 7.03. The second-order valence-electron chi connectivity index (χ2n) is 7.03. The number of hydrogen-bond donors (Lipinski definition) is 0. The Balaban J connectivity index is 1.70. The van der Waals surface area contributed by atoms with Crippen LogP contribution in [0.3, 0.4) is 0 Å². The van der Waals surface area contributed by atoms with Crippen molar-refractivity contribution in [2.24, 2.45) is 5.92 Å². The molecule has 0 amide bonds. The van der Waals surface area contributed by atoms with E-state index in [1.54, 1.807) is 22.3 Å². The van der Waals surface area contributed by atoms with Crippen LogP contribution in [-0.2, 0) is 25.7 Å². The summed E-state index contributed by atoms with van der Waals surface area (Å²) in [7, 11) is 0. The first-order chi connectivity index (χ1) is 10.7. The molecule has 2 aromatic carbocycles. The first kappa shape index (κ1) is 13.9. The predicted octanol–water partition coefficient (Wildman–Crippen LogP) is 5.07. The maximum atomic E-state index is 2.53. The molecule has 1 atom stereocenters. The topological polar surface area (TPSA) is 3.24 Å². The van der Waals surface area contributed by atoms with Crippen molar-refractivity contribution < 1.29 is 0 Å². The molecule has 4 rings (SSSR count). The van der Waals surface area contributed by atoms with Crippen LogP contribution in [0.15, 0.2) is 36.4 Å². The summed E-state index contributed by atoms with van der Waals surface area (Å²) in [5.74, 6) is 0.706. The van der Waals surface area contributed by atoms with Crippen LogP contribution >= 0.6 is 0 Å². The number of aryl methyl sites for hydroxylation is 4. The van der Waals surface area contributed by atoms with Crippen molar-refractivity contribution in [2.75, 3.05) is 11.4 Å². The lowest BCUT2D eigenvalue weighted by Gasteiger charge is -2.32. The fourth-order valence-corrected chi connectivity index (χ4v) is 3.50. The Hall–Kier alpha value is -1.76. The van der Waals surface area contributed by atoms with Gasteiger partial charge in [-0.25, -0.2) is 0 Å². The molecule has 0 aromatic heterocycles. The SMILES string of the molecule is CCC(C)CN(c1ccc2c(c1)CC2)c1ccc2c(c1)CC2. The Morgan fingerprint density at radius 2 is 1.32 bits per heavy atom. The quantitative estimate of drug-likeness (QED) is 0.743. The minimum atomic E-state index is 0.706. The highest BCUT2D eigenvalue weighted by Crippen LogP contribution is 2.35. The molecule has 2 aliphatic carbocycles. The summed E-state index contributed by atoms with van der Waals surface area (Å²) in [6.45, 7) is 5.75. The van der Waals surface area contributed by atoms with Crippen molar-refractivity contribution >= 4 is 11.4 Å². The number of anilines is 2. The van der Waals surface area contributed by atoms with Gasteiger partial charge in [-0.1, -0.05) is 32.4 Å². The molecule has 1 unspecified atom stereocenters. The fraction of sp³-hybridized carbons (Fsp3) is 0.429. The standard InChI is InChI=1S/C21H25N/c1-3-15(2)14-22(20-10-8-16-4-6-18(16)12-20)21-11-9-17-5-7-19(17)13-21/h8-13,15H,3-7,14H2,1-2H3. The Bertz CT molecular complexity index is 646. The number of rotatable bonds is 5. The molecular formula is C21H25N. The summed E-state index contributed by atoms with van der Waals surface area (Å²) >= 11 is 0. The van der Waals surface area contributed by atoms with Crippen LogP contribution in [0.2, 0.25) is 0 Å². The van der Waals surface area contributed by atoms with Gasteiger partial charge in [-0.15, -0.1) is 0 Å². The minimum absolute atomic E-state index is 0.706. The van der Waals surface area contributed by atoms with Gasteiger partial charge in [0.25, 0.3) is 0 Å². The third-order valence-electron chi connectivity index (χ3n) is 5.52. The summed E-state index contributed by atoms with van der Waals surface area (Å²) in [4.78, 5) is 2.53. The molecule has 0 bridgehead atoms. The molecule has 0 saturated carbocycles. The van der Waals surface area contributed by atoms with Crippen molar-refractivity contribution in [3.63, 3.8) is 0 Å².